The number of oxazole rings is 1. The number of primary amides is 1. The van der Waals surface area contributed by atoms with E-state index >= 15 is 0 Å². The van der Waals surface area contributed by atoms with E-state index in [9.17, 15) is 13.2 Å². The van der Waals surface area contributed by atoms with Crippen LogP contribution in [0, 0.1) is 12.8 Å². The summed E-state index contributed by atoms with van der Waals surface area (Å²) in [5.41, 5.74) is 7.21. The minimum Gasteiger partial charge on any atom is -0.419 e. The molecule has 1 aliphatic heterocycles. The molecule has 0 radical (unpaired) electrons. The number of hydrogen-bond acceptors (Lipinski definition) is 6. The molecule has 2 heterocycles. The predicted molar refractivity (Wildman–Crippen MR) is 113 cm³/mol. The summed E-state index contributed by atoms with van der Waals surface area (Å²) in [5, 5.41) is -0.109. The van der Waals surface area contributed by atoms with Crippen LogP contribution in [0.5, 0.6) is 0 Å². The van der Waals surface area contributed by atoms with Crippen molar-refractivity contribution >= 4 is 21.6 Å². The van der Waals surface area contributed by atoms with E-state index < -0.39 is 9.84 Å². The summed E-state index contributed by atoms with van der Waals surface area (Å²) in [5.74, 6) is -0.0894. The highest BCUT2D eigenvalue weighted by atomic mass is 32.2. The van der Waals surface area contributed by atoms with E-state index in [1.54, 1.807) is 30.3 Å². The Morgan fingerprint density at radius 3 is 2.30 bits per heavy atom. The molecule has 0 saturated carbocycles. The normalized spacial score (nSPS) is 15.3. The number of nitrogens with two attached hydrogens (primary N) is 1. The second-order valence-electron chi connectivity index (χ2n) is 7.48. The molecule has 2 aromatic carbocycles. The maximum Gasteiger partial charge on any atom is 0.236 e. The lowest BCUT2D eigenvalue weighted by molar-refractivity contribution is -0.122. The third-order valence-electron chi connectivity index (χ3n) is 5.37. The van der Waals surface area contributed by atoms with Gasteiger partial charge in [0.15, 0.2) is 0 Å². The molecule has 1 aliphatic rings. The number of rotatable bonds is 5. The first-order valence-corrected chi connectivity index (χ1v) is 11.3. The highest BCUT2D eigenvalue weighted by Crippen LogP contribution is 2.36. The Morgan fingerprint density at radius 2 is 1.70 bits per heavy atom. The predicted octanol–water partition coefficient (Wildman–Crippen LogP) is 3.18. The van der Waals surface area contributed by atoms with Crippen molar-refractivity contribution < 1.29 is 17.6 Å². The number of benzene rings is 2. The van der Waals surface area contributed by atoms with Gasteiger partial charge in [0.25, 0.3) is 0 Å². The van der Waals surface area contributed by atoms with Crippen molar-refractivity contribution in [3.63, 3.8) is 0 Å². The molecule has 1 fully saturated rings. The molecule has 0 bridgehead atoms. The highest BCUT2D eigenvalue weighted by Gasteiger charge is 2.33. The number of aromatic nitrogens is 1. The molecular weight excluding hydrogens is 402 g/mol. The number of piperidine rings is 1. The van der Waals surface area contributed by atoms with Gasteiger partial charge in [-0.1, -0.05) is 35.9 Å². The first kappa shape index (κ1) is 20.2. The molecule has 1 amide bonds. The Kier molecular flexibility index (Phi) is 5.34. The molecule has 30 heavy (non-hydrogen) atoms. The summed E-state index contributed by atoms with van der Waals surface area (Å²) in [7, 11) is -3.88. The van der Waals surface area contributed by atoms with Gasteiger partial charge >= 0.3 is 0 Å². The average Bonchev–Trinajstić information content (AvgIpc) is 3.21. The van der Waals surface area contributed by atoms with E-state index in [1.165, 1.54) is 0 Å². The minimum absolute atomic E-state index is 0.109. The van der Waals surface area contributed by atoms with Gasteiger partial charge in [-0.3, -0.25) is 4.79 Å². The topological polar surface area (TPSA) is 107 Å². The van der Waals surface area contributed by atoms with Gasteiger partial charge in [0, 0.05) is 24.6 Å². The number of anilines is 1. The fourth-order valence-corrected chi connectivity index (χ4v) is 4.91. The zero-order valence-corrected chi connectivity index (χ0v) is 17.4. The number of aryl methyl sites for hydroxylation is 1. The van der Waals surface area contributed by atoms with Crippen molar-refractivity contribution in [2.45, 2.75) is 29.7 Å². The van der Waals surface area contributed by atoms with Gasteiger partial charge in [0.2, 0.25) is 32.5 Å². The largest absolute Gasteiger partial charge is 0.419 e. The summed E-state index contributed by atoms with van der Waals surface area (Å²) >= 11 is 0. The first-order chi connectivity index (χ1) is 14.4. The number of amides is 1. The molecule has 4 rings (SSSR count). The van der Waals surface area contributed by atoms with Crippen molar-refractivity contribution in [2.24, 2.45) is 11.7 Å². The summed E-state index contributed by atoms with van der Waals surface area (Å²) in [6.07, 6.45) is 1.08. The van der Waals surface area contributed by atoms with Crippen LogP contribution in [0.3, 0.4) is 0 Å². The molecule has 0 aliphatic carbocycles. The zero-order chi connectivity index (χ0) is 21.3. The Bertz CT molecular complexity index is 1150. The first-order valence-electron chi connectivity index (χ1n) is 9.78. The van der Waals surface area contributed by atoms with E-state index in [0.29, 0.717) is 31.5 Å². The van der Waals surface area contributed by atoms with E-state index in [1.807, 2.05) is 36.1 Å². The molecule has 2 N–H and O–H groups in total. The zero-order valence-electron chi connectivity index (χ0n) is 16.6. The summed E-state index contributed by atoms with van der Waals surface area (Å²) in [4.78, 5) is 17.9. The molecule has 0 unspecified atom stereocenters. The summed E-state index contributed by atoms with van der Waals surface area (Å²) < 4.78 is 32.7. The fraction of sp³-hybridized carbons (Fsp3) is 0.273. The molecule has 3 aromatic rings. The van der Waals surface area contributed by atoms with E-state index in [-0.39, 0.29) is 33.5 Å². The fourth-order valence-electron chi connectivity index (χ4n) is 3.57. The second-order valence-corrected chi connectivity index (χ2v) is 9.34. The van der Waals surface area contributed by atoms with Gasteiger partial charge in [-0.2, -0.15) is 4.98 Å². The van der Waals surface area contributed by atoms with Crippen LogP contribution in [-0.2, 0) is 14.6 Å². The molecule has 7 nitrogen and oxygen atoms in total. The Hall–Kier alpha value is -3.13. The van der Waals surface area contributed by atoms with Gasteiger partial charge in [0.1, 0.15) is 0 Å². The van der Waals surface area contributed by atoms with E-state index in [4.69, 9.17) is 10.2 Å². The van der Waals surface area contributed by atoms with Gasteiger partial charge in [-0.25, -0.2) is 8.42 Å². The SMILES string of the molecule is Cc1ccc(-c2nc(S(=O)(=O)c3ccccc3)c(N3CCC(C(N)=O)CC3)o2)cc1. The van der Waals surface area contributed by atoms with Gasteiger partial charge in [-0.15, -0.1) is 0 Å². The number of carbonyl (C=O) groups is 1. The number of hydrogen-bond donors (Lipinski definition) is 1. The lowest BCUT2D eigenvalue weighted by Crippen LogP contribution is -2.38. The molecule has 0 atom stereocenters. The highest BCUT2D eigenvalue weighted by molar-refractivity contribution is 7.91. The summed E-state index contributed by atoms with van der Waals surface area (Å²) in [6, 6.07) is 15.7. The quantitative estimate of drug-likeness (QED) is 0.673. The molecule has 156 valence electrons. The van der Waals surface area contributed by atoms with Gasteiger partial charge in [0.05, 0.1) is 4.90 Å². The van der Waals surface area contributed by atoms with Crippen LogP contribution in [0.1, 0.15) is 18.4 Å². The molecule has 8 heteroatoms. The molecular formula is C22H23N3O4S. The lowest BCUT2D eigenvalue weighted by atomic mass is 9.96. The monoisotopic (exact) mass is 425 g/mol. The van der Waals surface area contributed by atoms with Crippen molar-refractivity contribution in [3.8, 4) is 11.5 Å². The van der Waals surface area contributed by atoms with Crippen LogP contribution in [-0.4, -0.2) is 32.4 Å². The molecule has 0 spiro atoms. The van der Waals surface area contributed by atoms with Crippen molar-refractivity contribution in [1.82, 2.24) is 4.98 Å². The van der Waals surface area contributed by atoms with E-state index in [2.05, 4.69) is 4.98 Å². The van der Waals surface area contributed by atoms with Gasteiger partial charge < -0.3 is 15.1 Å². The number of sulfone groups is 1. The smallest absolute Gasteiger partial charge is 0.236 e. The number of carbonyl (C=O) groups excluding carboxylic acids is 1. The Balaban J connectivity index is 1.78. The van der Waals surface area contributed by atoms with Crippen LogP contribution < -0.4 is 10.6 Å². The maximum atomic E-state index is 13.3. The van der Waals surface area contributed by atoms with Crippen LogP contribution in [0.25, 0.3) is 11.5 Å². The van der Waals surface area contributed by atoms with Crippen LogP contribution in [0.2, 0.25) is 0 Å². The second kappa shape index (κ2) is 7.95. The maximum absolute atomic E-state index is 13.3. The lowest BCUT2D eigenvalue weighted by Gasteiger charge is -2.30. The minimum atomic E-state index is -3.88. The van der Waals surface area contributed by atoms with Crippen LogP contribution in [0.4, 0.5) is 5.88 Å². The Labute approximate surface area is 175 Å². The third-order valence-corrected chi connectivity index (χ3v) is 7.04. The average molecular weight is 426 g/mol. The van der Waals surface area contributed by atoms with Gasteiger partial charge in [-0.05, 0) is 44.0 Å². The standard InChI is InChI=1S/C22H23N3O4S/c1-15-7-9-17(10-8-15)20-24-21(30(27,28)18-5-3-2-4-6-18)22(29-20)25-13-11-16(12-14-25)19(23)26/h2-10,16H,11-14H2,1H3,(H2,23,26). The van der Waals surface area contributed by atoms with Crippen molar-refractivity contribution in [1.29, 1.82) is 0 Å². The Morgan fingerprint density at radius 1 is 1.07 bits per heavy atom. The summed E-state index contributed by atoms with van der Waals surface area (Å²) in [6.45, 7) is 2.90. The van der Waals surface area contributed by atoms with Crippen LogP contribution >= 0.6 is 0 Å². The number of nitrogens with zero attached hydrogens (tertiary/aromatic N) is 2. The van der Waals surface area contributed by atoms with Crippen molar-refractivity contribution in [3.05, 3.63) is 60.2 Å². The van der Waals surface area contributed by atoms with Crippen LogP contribution in [0.15, 0.2) is 68.9 Å². The molecule has 1 aromatic heterocycles. The third kappa shape index (κ3) is 3.82. The van der Waals surface area contributed by atoms with E-state index in [0.717, 1.165) is 5.56 Å². The van der Waals surface area contributed by atoms with Crippen molar-refractivity contribution in [2.75, 3.05) is 18.0 Å². The molecule has 1 saturated heterocycles.